The van der Waals surface area contributed by atoms with E-state index in [1.165, 1.54) is 22.0 Å². The quantitative estimate of drug-likeness (QED) is 0.304. The fourth-order valence-corrected chi connectivity index (χ4v) is 4.79. The van der Waals surface area contributed by atoms with Crippen molar-refractivity contribution in [1.82, 2.24) is 9.55 Å². The highest BCUT2D eigenvalue weighted by molar-refractivity contribution is 14.1. The van der Waals surface area contributed by atoms with E-state index < -0.39 is 25.5 Å². The highest BCUT2D eigenvalue weighted by atomic mass is 127. The smallest absolute Gasteiger partial charge is 0.320 e. The van der Waals surface area contributed by atoms with Gasteiger partial charge in [-0.1, -0.05) is 40.8 Å². The predicted molar refractivity (Wildman–Crippen MR) is 96.0 cm³/mol. The normalized spacial score (nSPS) is 17.2. The average molecular weight is 460 g/mol. The number of carboxylic acids is 1. The van der Waals surface area contributed by atoms with Crippen LogP contribution in [0.5, 0.6) is 0 Å². The Morgan fingerprint density at radius 1 is 1.38 bits per heavy atom. The molecule has 1 aliphatic heterocycles. The van der Waals surface area contributed by atoms with E-state index in [2.05, 4.69) is 4.98 Å². The van der Waals surface area contributed by atoms with Gasteiger partial charge in [0.15, 0.2) is 0 Å². The number of carbonyl (C=O) groups is 1. The van der Waals surface area contributed by atoms with Crippen LogP contribution < -0.4 is 10.9 Å². The van der Waals surface area contributed by atoms with Crippen LogP contribution in [0.25, 0.3) is 5.82 Å². The van der Waals surface area contributed by atoms with Gasteiger partial charge in [-0.2, -0.15) is 0 Å². The maximum absolute atomic E-state index is 12.4. The SMILES string of the molecule is NN(C1=C(C(I)C(=O)O)CS(=O)(=O)c2nccn21)c1ccccc1. The Kier molecular flexibility index (Phi) is 4.36. The van der Waals surface area contributed by atoms with E-state index >= 15 is 0 Å². The van der Waals surface area contributed by atoms with E-state index in [1.807, 2.05) is 6.07 Å². The van der Waals surface area contributed by atoms with Crippen LogP contribution in [0.15, 0.2) is 53.5 Å². The first-order valence-corrected chi connectivity index (χ1v) is 9.69. The van der Waals surface area contributed by atoms with Gasteiger partial charge in [0.2, 0.25) is 15.0 Å². The van der Waals surface area contributed by atoms with Gasteiger partial charge in [-0.25, -0.2) is 19.2 Å². The molecule has 8 nitrogen and oxygen atoms in total. The topological polar surface area (TPSA) is 119 Å². The van der Waals surface area contributed by atoms with Crippen LogP contribution in [0.1, 0.15) is 0 Å². The highest BCUT2D eigenvalue weighted by Gasteiger charge is 2.38. The van der Waals surface area contributed by atoms with Gasteiger partial charge in [0, 0.05) is 18.0 Å². The molecule has 0 fully saturated rings. The van der Waals surface area contributed by atoms with Gasteiger partial charge in [0.25, 0.3) is 0 Å². The minimum atomic E-state index is -3.73. The lowest BCUT2D eigenvalue weighted by molar-refractivity contribution is -0.135. The number of sulfone groups is 1. The second-order valence-corrected chi connectivity index (χ2v) is 8.22. The van der Waals surface area contributed by atoms with Crippen molar-refractivity contribution < 1.29 is 18.3 Å². The van der Waals surface area contributed by atoms with Crippen molar-refractivity contribution in [3.8, 4) is 0 Å². The van der Waals surface area contributed by atoms with Crippen LogP contribution in [-0.4, -0.2) is 38.7 Å². The molecular formula is C14H13IN4O4S. The number of benzene rings is 1. The third-order valence-corrected chi connectivity index (χ3v) is 6.37. The summed E-state index contributed by atoms with van der Waals surface area (Å²) in [5.41, 5.74) is 0.790. The van der Waals surface area contributed by atoms with Crippen LogP contribution >= 0.6 is 22.6 Å². The van der Waals surface area contributed by atoms with Crippen molar-refractivity contribution >= 4 is 49.9 Å². The van der Waals surface area contributed by atoms with Gasteiger partial charge >= 0.3 is 5.97 Å². The Bertz CT molecular complexity index is 923. The summed E-state index contributed by atoms with van der Waals surface area (Å²) in [4.78, 5) is 15.3. The van der Waals surface area contributed by atoms with Crippen molar-refractivity contribution in [2.45, 2.75) is 9.08 Å². The summed E-state index contributed by atoms with van der Waals surface area (Å²) in [6.45, 7) is 0. The minimum absolute atomic E-state index is 0.151. The van der Waals surface area contributed by atoms with Crippen molar-refractivity contribution in [2.75, 3.05) is 10.8 Å². The zero-order valence-corrected chi connectivity index (χ0v) is 15.2. The minimum Gasteiger partial charge on any atom is -0.480 e. The molecule has 0 saturated carbocycles. The zero-order valence-electron chi connectivity index (χ0n) is 12.2. The molecule has 0 bridgehead atoms. The molecule has 0 radical (unpaired) electrons. The lowest BCUT2D eigenvalue weighted by Crippen LogP contribution is -2.40. The lowest BCUT2D eigenvalue weighted by atomic mass is 10.2. The van der Waals surface area contributed by atoms with Crippen LogP contribution in [-0.2, 0) is 14.6 Å². The Morgan fingerprint density at radius 2 is 2.04 bits per heavy atom. The number of aliphatic carboxylic acids is 1. The van der Waals surface area contributed by atoms with Crippen molar-refractivity contribution in [3.05, 3.63) is 48.3 Å². The number of halogens is 1. The second-order valence-electron chi connectivity index (χ2n) is 5.09. The molecule has 3 rings (SSSR count). The molecule has 10 heteroatoms. The number of imidazole rings is 1. The standard InChI is InChI=1S/C14H13IN4O4S/c15-11(13(20)21)10-8-24(22,23)14-17-6-7-18(14)12(10)19(16)9-4-2-1-3-5-9/h1-7,11H,8,16H2,(H,20,21). The van der Waals surface area contributed by atoms with E-state index in [4.69, 9.17) is 5.84 Å². The molecule has 2 aromatic rings. The molecule has 24 heavy (non-hydrogen) atoms. The maximum Gasteiger partial charge on any atom is 0.320 e. The summed E-state index contributed by atoms with van der Waals surface area (Å²) in [5, 5.41) is 10.5. The van der Waals surface area contributed by atoms with Gasteiger partial charge in [-0.05, 0) is 12.1 Å². The number of fused-ring (bicyclic) bond motifs is 1. The zero-order chi connectivity index (χ0) is 17.5. The first kappa shape index (κ1) is 16.9. The number of rotatable bonds is 4. The number of nitrogens with zero attached hydrogens (tertiary/aromatic N) is 3. The third kappa shape index (κ3) is 2.80. The van der Waals surface area contributed by atoms with E-state index in [-0.39, 0.29) is 16.6 Å². The molecule has 1 aromatic carbocycles. The molecule has 0 aliphatic carbocycles. The Hall–Kier alpha value is -1.92. The molecule has 126 valence electrons. The second kappa shape index (κ2) is 6.18. The van der Waals surface area contributed by atoms with Crippen LogP contribution in [0, 0.1) is 0 Å². The van der Waals surface area contributed by atoms with E-state index in [0.29, 0.717) is 5.69 Å². The molecule has 0 spiro atoms. The molecule has 1 aliphatic rings. The highest BCUT2D eigenvalue weighted by Crippen LogP contribution is 2.33. The Balaban J connectivity index is 2.25. The molecule has 1 unspecified atom stereocenters. The molecule has 0 amide bonds. The number of anilines is 1. The lowest BCUT2D eigenvalue weighted by Gasteiger charge is -2.30. The Labute approximate surface area is 151 Å². The summed E-state index contributed by atoms with van der Waals surface area (Å²) in [5.74, 6) is 4.90. The van der Waals surface area contributed by atoms with Gasteiger partial charge < -0.3 is 5.11 Å². The monoisotopic (exact) mass is 460 g/mol. The number of carboxylic acid groups (broad SMARTS) is 1. The number of hydrogen-bond donors (Lipinski definition) is 2. The first-order valence-electron chi connectivity index (χ1n) is 6.79. The molecule has 1 atom stereocenters. The van der Waals surface area contributed by atoms with Crippen LogP contribution in [0.2, 0.25) is 0 Å². The number of alkyl halides is 1. The summed E-state index contributed by atoms with van der Waals surface area (Å²) in [6, 6.07) is 8.87. The number of hydrazine groups is 1. The van der Waals surface area contributed by atoms with E-state index in [1.54, 1.807) is 46.9 Å². The largest absolute Gasteiger partial charge is 0.480 e. The van der Waals surface area contributed by atoms with Gasteiger partial charge in [0.05, 0.1) is 11.4 Å². The molecule has 1 aromatic heterocycles. The molecule has 0 saturated heterocycles. The fraction of sp³-hybridized carbons (Fsp3) is 0.143. The summed E-state index contributed by atoms with van der Waals surface area (Å²) in [7, 11) is -3.73. The van der Waals surface area contributed by atoms with Gasteiger partial charge in [-0.15, -0.1) is 0 Å². The van der Waals surface area contributed by atoms with Crippen molar-refractivity contribution in [2.24, 2.45) is 5.84 Å². The number of hydrogen-bond acceptors (Lipinski definition) is 6. The summed E-state index contributed by atoms with van der Waals surface area (Å²) in [6.07, 6.45) is 2.80. The Morgan fingerprint density at radius 3 is 2.67 bits per heavy atom. The number of para-hydroxylation sites is 1. The predicted octanol–water partition coefficient (Wildman–Crippen LogP) is 1.11. The molecular weight excluding hydrogens is 447 g/mol. The number of nitrogens with two attached hydrogens (primary N) is 1. The van der Waals surface area contributed by atoms with Gasteiger partial charge in [0.1, 0.15) is 9.75 Å². The van der Waals surface area contributed by atoms with Crippen molar-refractivity contribution in [3.63, 3.8) is 0 Å². The number of aromatic nitrogens is 2. The fourth-order valence-electron chi connectivity index (χ4n) is 2.49. The first-order chi connectivity index (χ1) is 11.3. The average Bonchev–Trinajstić information content (AvgIpc) is 3.04. The van der Waals surface area contributed by atoms with Gasteiger partial charge in [-0.3, -0.25) is 14.4 Å². The molecule has 3 N–H and O–H groups in total. The van der Waals surface area contributed by atoms with Crippen molar-refractivity contribution in [1.29, 1.82) is 0 Å². The maximum atomic E-state index is 12.4. The van der Waals surface area contributed by atoms with E-state index in [0.717, 1.165) is 0 Å². The summed E-state index contributed by atoms with van der Waals surface area (Å²) < 4.78 is 25.1. The summed E-state index contributed by atoms with van der Waals surface area (Å²) >= 11 is 1.69. The van der Waals surface area contributed by atoms with Crippen LogP contribution in [0.4, 0.5) is 5.69 Å². The third-order valence-electron chi connectivity index (χ3n) is 3.53. The molecule has 2 heterocycles. The van der Waals surface area contributed by atoms with Crippen LogP contribution in [0.3, 0.4) is 0 Å². The van der Waals surface area contributed by atoms with E-state index in [9.17, 15) is 18.3 Å².